The van der Waals surface area contributed by atoms with E-state index in [4.69, 9.17) is 16.3 Å². The molecule has 0 radical (unpaired) electrons. The molecule has 0 aromatic heterocycles. The third kappa shape index (κ3) is 2.27. The highest BCUT2D eigenvalue weighted by molar-refractivity contribution is 6.65. The molecule has 2 aromatic carbocycles. The number of carbonyl (C=O) groups excluding carboxylic acids is 1. The zero-order valence-corrected chi connectivity index (χ0v) is 11.2. The van der Waals surface area contributed by atoms with Crippen molar-refractivity contribution in [3.8, 4) is 11.5 Å². The standard InChI is InChI=1S/C15H8ClF3O2/c16-14(20)12-8-4-1-2-7-11(8)21-13-9(12)5-3-6-10(13)15(17,18)19/h1-7,12H. The van der Waals surface area contributed by atoms with Gasteiger partial charge in [0.1, 0.15) is 11.5 Å². The van der Waals surface area contributed by atoms with E-state index in [1.165, 1.54) is 18.2 Å². The predicted octanol–water partition coefficient (Wildman–Crippen LogP) is 4.71. The van der Waals surface area contributed by atoms with Gasteiger partial charge in [-0.05, 0) is 23.7 Å². The molecule has 0 aliphatic carbocycles. The highest BCUT2D eigenvalue weighted by Crippen LogP contribution is 2.49. The smallest absolute Gasteiger partial charge is 0.419 e. The van der Waals surface area contributed by atoms with Crippen LogP contribution in [0.4, 0.5) is 13.2 Å². The summed E-state index contributed by atoms with van der Waals surface area (Å²) < 4.78 is 44.6. The van der Waals surface area contributed by atoms with E-state index in [1.54, 1.807) is 18.2 Å². The van der Waals surface area contributed by atoms with Crippen LogP contribution in [0.2, 0.25) is 0 Å². The molecule has 1 heterocycles. The molecular formula is C15H8ClF3O2. The van der Waals surface area contributed by atoms with Crippen LogP contribution in [-0.2, 0) is 11.0 Å². The van der Waals surface area contributed by atoms with Gasteiger partial charge in [0.05, 0.1) is 11.5 Å². The average molecular weight is 313 g/mol. The molecule has 0 fully saturated rings. The number of hydrogen-bond donors (Lipinski definition) is 0. The quantitative estimate of drug-likeness (QED) is 0.713. The van der Waals surface area contributed by atoms with Crippen molar-refractivity contribution in [3.05, 3.63) is 59.2 Å². The van der Waals surface area contributed by atoms with Gasteiger partial charge in [0, 0.05) is 11.1 Å². The number of fused-ring (bicyclic) bond motifs is 2. The molecule has 0 saturated carbocycles. The Morgan fingerprint density at radius 2 is 1.71 bits per heavy atom. The zero-order chi connectivity index (χ0) is 15.2. The zero-order valence-electron chi connectivity index (χ0n) is 10.4. The molecule has 1 atom stereocenters. The van der Waals surface area contributed by atoms with E-state index in [-0.39, 0.29) is 17.1 Å². The van der Waals surface area contributed by atoms with E-state index in [1.807, 2.05) is 0 Å². The number of alkyl halides is 3. The maximum atomic E-state index is 13.1. The maximum Gasteiger partial charge on any atom is 0.419 e. The Kier molecular flexibility index (Phi) is 3.17. The lowest BCUT2D eigenvalue weighted by molar-refractivity contribution is -0.138. The number of rotatable bonds is 1. The molecule has 2 nitrogen and oxygen atoms in total. The molecular weight excluding hydrogens is 305 g/mol. The summed E-state index contributed by atoms with van der Waals surface area (Å²) in [5.41, 5.74) is -0.328. The summed E-state index contributed by atoms with van der Waals surface area (Å²) >= 11 is 5.60. The molecule has 3 rings (SSSR count). The van der Waals surface area contributed by atoms with E-state index in [9.17, 15) is 18.0 Å². The van der Waals surface area contributed by atoms with Crippen molar-refractivity contribution in [2.45, 2.75) is 12.1 Å². The van der Waals surface area contributed by atoms with Crippen molar-refractivity contribution in [1.82, 2.24) is 0 Å². The van der Waals surface area contributed by atoms with Gasteiger partial charge in [0.2, 0.25) is 5.24 Å². The molecule has 0 bridgehead atoms. The number of para-hydroxylation sites is 2. The van der Waals surface area contributed by atoms with Gasteiger partial charge in [-0.25, -0.2) is 0 Å². The molecule has 21 heavy (non-hydrogen) atoms. The summed E-state index contributed by atoms with van der Waals surface area (Å²) in [6, 6.07) is 10.0. The van der Waals surface area contributed by atoms with Gasteiger partial charge in [-0.1, -0.05) is 30.3 Å². The second-order valence-electron chi connectivity index (χ2n) is 4.60. The molecule has 108 valence electrons. The Bertz CT molecular complexity index is 725. The summed E-state index contributed by atoms with van der Waals surface area (Å²) in [5.74, 6) is -1.11. The molecule has 1 aliphatic heterocycles. The van der Waals surface area contributed by atoms with Crippen molar-refractivity contribution in [1.29, 1.82) is 0 Å². The first-order valence-electron chi connectivity index (χ1n) is 6.06. The normalized spacial score (nSPS) is 16.7. The Hall–Kier alpha value is -2.01. The van der Waals surface area contributed by atoms with Crippen LogP contribution in [0.15, 0.2) is 42.5 Å². The first-order chi connectivity index (χ1) is 9.89. The van der Waals surface area contributed by atoms with Crippen molar-refractivity contribution in [2.24, 2.45) is 0 Å². The Morgan fingerprint density at radius 3 is 2.38 bits per heavy atom. The Morgan fingerprint density at radius 1 is 1.05 bits per heavy atom. The fraction of sp³-hybridized carbons (Fsp3) is 0.133. The lowest BCUT2D eigenvalue weighted by Crippen LogP contribution is -2.18. The van der Waals surface area contributed by atoms with Gasteiger partial charge in [-0.3, -0.25) is 4.79 Å². The summed E-state index contributed by atoms with van der Waals surface area (Å²) in [4.78, 5) is 11.7. The van der Waals surface area contributed by atoms with Gasteiger partial charge in [-0.2, -0.15) is 13.2 Å². The number of carbonyl (C=O) groups is 1. The Labute approximate surface area is 123 Å². The molecule has 0 N–H and O–H groups in total. The third-order valence-electron chi connectivity index (χ3n) is 3.33. The second-order valence-corrected chi connectivity index (χ2v) is 4.97. The topological polar surface area (TPSA) is 26.3 Å². The van der Waals surface area contributed by atoms with E-state index < -0.39 is 22.9 Å². The maximum absolute atomic E-state index is 13.1. The molecule has 1 aliphatic rings. The third-order valence-corrected chi connectivity index (χ3v) is 3.55. The van der Waals surface area contributed by atoms with Crippen LogP contribution in [0.1, 0.15) is 22.6 Å². The fourth-order valence-corrected chi connectivity index (χ4v) is 2.69. The molecule has 6 heteroatoms. The van der Waals surface area contributed by atoms with Crippen LogP contribution in [0, 0.1) is 0 Å². The minimum atomic E-state index is -4.57. The minimum Gasteiger partial charge on any atom is -0.456 e. The molecule has 0 amide bonds. The van der Waals surface area contributed by atoms with Crippen LogP contribution in [0.3, 0.4) is 0 Å². The first kappa shape index (κ1) is 13.9. The van der Waals surface area contributed by atoms with Gasteiger partial charge >= 0.3 is 6.18 Å². The largest absolute Gasteiger partial charge is 0.456 e. The summed E-state index contributed by atoms with van der Waals surface area (Å²) in [7, 11) is 0. The van der Waals surface area contributed by atoms with Crippen molar-refractivity contribution in [3.63, 3.8) is 0 Å². The lowest BCUT2D eigenvalue weighted by Gasteiger charge is -2.28. The highest BCUT2D eigenvalue weighted by Gasteiger charge is 2.40. The molecule has 1 unspecified atom stereocenters. The lowest BCUT2D eigenvalue weighted by atomic mass is 9.87. The van der Waals surface area contributed by atoms with E-state index in [0.29, 0.717) is 5.56 Å². The predicted molar refractivity (Wildman–Crippen MR) is 70.7 cm³/mol. The fourth-order valence-electron chi connectivity index (χ4n) is 2.45. The van der Waals surface area contributed by atoms with Gasteiger partial charge in [0.15, 0.2) is 0 Å². The van der Waals surface area contributed by atoms with E-state index >= 15 is 0 Å². The number of benzene rings is 2. The minimum absolute atomic E-state index is 0.128. The van der Waals surface area contributed by atoms with Crippen LogP contribution in [0.25, 0.3) is 0 Å². The number of halogens is 4. The van der Waals surface area contributed by atoms with Crippen molar-refractivity contribution in [2.75, 3.05) is 0 Å². The Balaban J connectivity index is 2.27. The second kappa shape index (κ2) is 4.77. The van der Waals surface area contributed by atoms with E-state index in [2.05, 4.69) is 0 Å². The van der Waals surface area contributed by atoms with Gasteiger partial charge < -0.3 is 4.74 Å². The van der Waals surface area contributed by atoms with Crippen LogP contribution < -0.4 is 4.74 Å². The van der Waals surface area contributed by atoms with E-state index in [0.717, 1.165) is 6.07 Å². The van der Waals surface area contributed by atoms with Crippen LogP contribution in [-0.4, -0.2) is 5.24 Å². The molecule has 2 aromatic rings. The van der Waals surface area contributed by atoms with Gasteiger partial charge in [0.25, 0.3) is 0 Å². The summed E-state index contributed by atoms with van der Waals surface area (Å²) in [6.45, 7) is 0. The monoisotopic (exact) mass is 312 g/mol. The van der Waals surface area contributed by atoms with Crippen LogP contribution >= 0.6 is 11.6 Å². The SMILES string of the molecule is O=C(Cl)C1c2ccccc2Oc2c1cccc2C(F)(F)F. The summed E-state index contributed by atoms with van der Waals surface area (Å²) in [6.07, 6.45) is -4.57. The number of ether oxygens (including phenoxy) is 1. The molecule has 0 spiro atoms. The molecule has 0 saturated heterocycles. The van der Waals surface area contributed by atoms with Gasteiger partial charge in [-0.15, -0.1) is 0 Å². The first-order valence-corrected chi connectivity index (χ1v) is 6.43. The van der Waals surface area contributed by atoms with Crippen LogP contribution in [0.5, 0.6) is 11.5 Å². The summed E-state index contributed by atoms with van der Waals surface area (Å²) in [5, 5.41) is -0.744. The van der Waals surface area contributed by atoms with Crippen molar-refractivity contribution < 1.29 is 22.7 Å². The number of hydrogen-bond acceptors (Lipinski definition) is 2. The average Bonchev–Trinajstić information content (AvgIpc) is 2.42. The highest BCUT2D eigenvalue weighted by atomic mass is 35.5. The van der Waals surface area contributed by atoms with Crippen molar-refractivity contribution >= 4 is 16.8 Å².